The minimum Gasteiger partial charge on any atom is -0.481 e. The lowest BCUT2D eigenvalue weighted by molar-refractivity contribution is -0.137. The average molecular weight is 272 g/mol. The number of rotatable bonds is 6. The van der Waals surface area contributed by atoms with Gasteiger partial charge in [-0.25, -0.2) is 4.98 Å². The number of carboxylic acids is 1. The van der Waals surface area contributed by atoms with Gasteiger partial charge in [-0.15, -0.1) is 0 Å². The molecule has 104 valence electrons. The molecule has 0 aliphatic heterocycles. The molecule has 0 saturated carbocycles. The topological polar surface area (TPSA) is 72.2 Å². The van der Waals surface area contributed by atoms with E-state index >= 15 is 0 Å². The standard InChI is InChI=1S/C15H16N2O3/c1-2-11(9-14(18)19)15(20)12-3-5-13(6-4-12)17-8-7-16-10-17/h3-8,10-11H,2,9H2,1H3,(H,18,19). The molecular formula is C15H16N2O3. The Hall–Kier alpha value is -2.43. The van der Waals surface area contributed by atoms with Gasteiger partial charge in [0.15, 0.2) is 5.78 Å². The number of hydrogen-bond acceptors (Lipinski definition) is 3. The van der Waals surface area contributed by atoms with E-state index in [0.717, 1.165) is 5.69 Å². The molecule has 5 nitrogen and oxygen atoms in total. The summed E-state index contributed by atoms with van der Waals surface area (Å²) in [6.07, 6.45) is 5.57. The van der Waals surface area contributed by atoms with Gasteiger partial charge < -0.3 is 9.67 Å². The summed E-state index contributed by atoms with van der Waals surface area (Å²) in [7, 11) is 0. The number of nitrogens with zero attached hydrogens (tertiary/aromatic N) is 2. The third-order valence-corrected chi connectivity index (χ3v) is 3.24. The zero-order chi connectivity index (χ0) is 14.5. The normalized spacial score (nSPS) is 12.1. The molecule has 5 heteroatoms. The number of carbonyl (C=O) groups is 2. The maximum Gasteiger partial charge on any atom is 0.304 e. The number of aliphatic carboxylic acids is 1. The number of aromatic nitrogens is 2. The first-order valence-corrected chi connectivity index (χ1v) is 6.46. The van der Waals surface area contributed by atoms with Crippen LogP contribution in [0.3, 0.4) is 0 Å². The van der Waals surface area contributed by atoms with Crippen molar-refractivity contribution >= 4 is 11.8 Å². The number of benzene rings is 1. The minimum atomic E-state index is -0.944. The fourth-order valence-electron chi connectivity index (χ4n) is 2.08. The zero-order valence-corrected chi connectivity index (χ0v) is 11.2. The highest BCUT2D eigenvalue weighted by Crippen LogP contribution is 2.18. The van der Waals surface area contributed by atoms with E-state index < -0.39 is 11.9 Å². The van der Waals surface area contributed by atoms with Crippen molar-refractivity contribution in [1.82, 2.24) is 9.55 Å². The van der Waals surface area contributed by atoms with Crippen LogP contribution >= 0.6 is 0 Å². The van der Waals surface area contributed by atoms with Crippen LogP contribution < -0.4 is 0 Å². The molecule has 2 aromatic rings. The Morgan fingerprint density at radius 1 is 1.30 bits per heavy atom. The quantitative estimate of drug-likeness (QED) is 0.820. The lowest BCUT2D eigenvalue weighted by Crippen LogP contribution is -2.17. The number of carbonyl (C=O) groups excluding carboxylic acids is 1. The Kier molecular flexibility index (Phi) is 4.30. The molecule has 20 heavy (non-hydrogen) atoms. The van der Waals surface area contributed by atoms with Crippen LogP contribution in [0.25, 0.3) is 5.69 Å². The molecule has 0 radical (unpaired) electrons. The lowest BCUT2D eigenvalue weighted by atomic mass is 9.92. The fourth-order valence-corrected chi connectivity index (χ4v) is 2.08. The van der Waals surface area contributed by atoms with Crippen LogP contribution in [0, 0.1) is 5.92 Å². The summed E-state index contributed by atoms with van der Waals surface area (Å²) < 4.78 is 1.84. The molecule has 0 bridgehead atoms. The van der Waals surface area contributed by atoms with Gasteiger partial charge in [0.05, 0.1) is 12.7 Å². The summed E-state index contributed by atoms with van der Waals surface area (Å²) in [5, 5.41) is 8.82. The maximum atomic E-state index is 12.2. The van der Waals surface area contributed by atoms with Crippen LogP contribution in [0.4, 0.5) is 0 Å². The predicted octanol–water partition coefficient (Wildman–Crippen LogP) is 2.56. The Morgan fingerprint density at radius 2 is 2.00 bits per heavy atom. The largest absolute Gasteiger partial charge is 0.481 e. The van der Waals surface area contributed by atoms with E-state index in [1.807, 2.05) is 29.8 Å². The van der Waals surface area contributed by atoms with E-state index in [4.69, 9.17) is 5.11 Å². The first kappa shape index (κ1) is 14.0. The first-order chi connectivity index (χ1) is 9.61. The summed E-state index contributed by atoms with van der Waals surface area (Å²) in [5.74, 6) is -1.53. The molecule has 0 fully saturated rings. The average Bonchev–Trinajstić information content (AvgIpc) is 2.98. The third kappa shape index (κ3) is 3.12. The first-order valence-electron chi connectivity index (χ1n) is 6.46. The number of hydrogen-bond donors (Lipinski definition) is 1. The van der Waals surface area contributed by atoms with Crippen molar-refractivity contribution < 1.29 is 14.7 Å². The van der Waals surface area contributed by atoms with Crippen molar-refractivity contribution in [3.63, 3.8) is 0 Å². The SMILES string of the molecule is CCC(CC(=O)O)C(=O)c1ccc(-n2ccnc2)cc1. The second-order valence-electron chi connectivity index (χ2n) is 4.58. The Bertz CT molecular complexity index is 588. The van der Waals surface area contributed by atoms with E-state index in [-0.39, 0.29) is 12.2 Å². The van der Waals surface area contributed by atoms with Crippen molar-refractivity contribution in [2.75, 3.05) is 0 Å². The highest BCUT2D eigenvalue weighted by atomic mass is 16.4. The van der Waals surface area contributed by atoms with Crippen LogP contribution in [0.15, 0.2) is 43.0 Å². The van der Waals surface area contributed by atoms with E-state index in [1.54, 1.807) is 24.7 Å². The predicted molar refractivity (Wildman–Crippen MR) is 73.9 cm³/mol. The molecule has 1 heterocycles. The van der Waals surface area contributed by atoms with Crippen molar-refractivity contribution in [3.8, 4) is 5.69 Å². The molecule has 2 rings (SSSR count). The molecule has 1 atom stereocenters. The number of ketones is 1. The van der Waals surface area contributed by atoms with Gasteiger partial charge in [-0.2, -0.15) is 0 Å². The van der Waals surface area contributed by atoms with Crippen LogP contribution in [0.5, 0.6) is 0 Å². The van der Waals surface area contributed by atoms with Gasteiger partial charge in [0.1, 0.15) is 0 Å². The van der Waals surface area contributed by atoms with Crippen molar-refractivity contribution in [3.05, 3.63) is 48.5 Å². The minimum absolute atomic E-state index is 0.118. The van der Waals surface area contributed by atoms with E-state index in [2.05, 4.69) is 4.98 Å². The van der Waals surface area contributed by atoms with Crippen LogP contribution in [0.2, 0.25) is 0 Å². The molecule has 0 aliphatic rings. The van der Waals surface area contributed by atoms with Gasteiger partial charge in [-0.3, -0.25) is 9.59 Å². The summed E-state index contributed by atoms with van der Waals surface area (Å²) in [5.41, 5.74) is 1.45. The lowest BCUT2D eigenvalue weighted by Gasteiger charge is -2.11. The third-order valence-electron chi connectivity index (χ3n) is 3.24. The molecule has 1 aromatic carbocycles. The second-order valence-corrected chi connectivity index (χ2v) is 4.58. The Labute approximate surface area is 116 Å². The van der Waals surface area contributed by atoms with Crippen molar-refractivity contribution in [1.29, 1.82) is 0 Å². The van der Waals surface area contributed by atoms with Gasteiger partial charge >= 0.3 is 5.97 Å². The second kappa shape index (κ2) is 6.14. The van der Waals surface area contributed by atoms with E-state index in [0.29, 0.717) is 12.0 Å². The molecule has 0 spiro atoms. The van der Waals surface area contributed by atoms with Crippen LogP contribution in [0.1, 0.15) is 30.1 Å². The van der Waals surface area contributed by atoms with Gasteiger partial charge in [0.2, 0.25) is 0 Å². The summed E-state index contributed by atoms with van der Waals surface area (Å²) in [4.78, 5) is 26.9. The van der Waals surface area contributed by atoms with Crippen molar-refractivity contribution in [2.24, 2.45) is 5.92 Å². The highest BCUT2D eigenvalue weighted by Gasteiger charge is 2.21. The molecule has 0 saturated heterocycles. The molecule has 0 aliphatic carbocycles. The van der Waals surface area contributed by atoms with Gasteiger partial charge in [0.25, 0.3) is 0 Å². The van der Waals surface area contributed by atoms with Gasteiger partial charge in [-0.05, 0) is 30.7 Å². The van der Waals surface area contributed by atoms with Crippen molar-refractivity contribution in [2.45, 2.75) is 19.8 Å². The number of carboxylic acid groups (broad SMARTS) is 1. The van der Waals surface area contributed by atoms with Crippen LogP contribution in [-0.2, 0) is 4.79 Å². The monoisotopic (exact) mass is 272 g/mol. The van der Waals surface area contributed by atoms with Gasteiger partial charge in [-0.1, -0.05) is 6.92 Å². The summed E-state index contributed by atoms with van der Waals surface area (Å²) in [6.45, 7) is 1.82. The molecule has 1 unspecified atom stereocenters. The molecule has 0 amide bonds. The Morgan fingerprint density at radius 3 is 2.50 bits per heavy atom. The van der Waals surface area contributed by atoms with Gasteiger partial charge in [0, 0.05) is 29.6 Å². The van der Waals surface area contributed by atoms with E-state index in [1.165, 1.54) is 0 Å². The smallest absolute Gasteiger partial charge is 0.304 e. The van der Waals surface area contributed by atoms with Crippen LogP contribution in [-0.4, -0.2) is 26.4 Å². The molecule has 1 N–H and O–H groups in total. The Balaban J connectivity index is 2.16. The number of Topliss-reactive ketones (excluding diaryl/α,β-unsaturated/α-hetero) is 1. The maximum absolute atomic E-state index is 12.2. The summed E-state index contributed by atoms with van der Waals surface area (Å²) >= 11 is 0. The fraction of sp³-hybridized carbons (Fsp3) is 0.267. The molecular weight excluding hydrogens is 256 g/mol. The number of imidazole rings is 1. The van der Waals surface area contributed by atoms with E-state index in [9.17, 15) is 9.59 Å². The molecule has 1 aromatic heterocycles. The highest BCUT2D eigenvalue weighted by molar-refractivity contribution is 5.99. The summed E-state index contributed by atoms with van der Waals surface area (Å²) in [6, 6.07) is 7.09. The zero-order valence-electron chi connectivity index (χ0n) is 11.2.